The van der Waals surface area contributed by atoms with E-state index < -0.39 is 29.2 Å². The van der Waals surface area contributed by atoms with Gasteiger partial charge < -0.3 is 14.8 Å². The van der Waals surface area contributed by atoms with Gasteiger partial charge in [-0.25, -0.2) is 4.39 Å². The summed E-state index contributed by atoms with van der Waals surface area (Å²) >= 11 is 0. The molecule has 3 aromatic rings. The number of para-hydroxylation sites is 2. The van der Waals surface area contributed by atoms with Gasteiger partial charge in [-0.05, 0) is 38.0 Å². The van der Waals surface area contributed by atoms with Crippen molar-refractivity contribution in [3.63, 3.8) is 0 Å². The summed E-state index contributed by atoms with van der Waals surface area (Å²) in [4.78, 5) is 27.0. The van der Waals surface area contributed by atoms with Gasteiger partial charge in [0.2, 0.25) is 6.10 Å². The zero-order valence-corrected chi connectivity index (χ0v) is 19.1. The van der Waals surface area contributed by atoms with Gasteiger partial charge in [-0.1, -0.05) is 73.5 Å². The third kappa shape index (κ3) is 4.81. The van der Waals surface area contributed by atoms with Gasteiger partial charge in [0.25, 0.3) is 5.91 Å². The van der Waals surface area contributed by atoms with Gasteiger partial charge in [0.1, 0.15) is 11.6 Å². The second-order valence-electron chi connectivity index (χ2n) is 8.38. The number of anilines is 1. The summed E-state index contributed by atoms with van der Waals surface area (Å²) in [7, 11) is 0. The summed E-state index contributed by atoms with van der Waals surface area (Å²) in [5.41, 5.74) is 0.230. The van der Waals surface area contributed by atoms with Crippen molar-refractivity contribution >= 4 is 17.6 Å². The van der Waals surface area contributed by atoms with Crippen LogP contribution >= 0.6 is 0 Å². The quantitative estimate of drug-likeness (QED) is 0.421. The zero-order chi connectivity index (χ0) is 24.0. The highest BCUT2D eigenvalue weighted by Crippen LogP contribution is 2.44. The third-order valence-electron chi connectivity index (χ3n) is 6.25. The minimum absolute atomic E-state index is 0.325. The molecule has 3 aromatic carbocycles. The van der Waals surface area contributed by atoms with Crippen LogP contribution in [0.25, 0.3) is 0 Å². The zero-order valence-electron chi connectivity index (χ0n) is 19.1. The maximum absolute atomic E-state index is 14.8. The first-order chi connectivity index (χ1) is 16.5. The molecule has 34 heavy (non-hydrogen) atoms. The number of ether oxygens (including phenoxy) is 2. The average Bonchev–Trinajstić information content (AvgIpc) is 3.35. The molecule has 0 heterocycles. The lowest BCUT2D eigenvalue weighted by molar-refractivity contribution is -0.160. The van der Waals surface area contributed by atoms with Gasteiger partial charge in [-0.2, -0.15) is 0 Å². The molecule has 6 heteroatoms. The molecule has 0 bridgehead atoms. The van der Waals surface area contributed by atoms with E-state index in [9.17, 15) is 14.0 Å². The first-order valence-corrected chi connectivity index (χ1v) is 11.6. The predicted molar refractivity (Wildman–Crippen MR) is 128 cm³/mol. The number of benzene rings is 3. The minimum Gasteiger partial charge on any atom is -0.492 e. The van der Waals surface area contributed by atoms with Crippen LogP contribution in [0.4, 0.5) is 10.1 Å². The third-order valence-corrected chi connectivity index (χ3v) is 6.25. The maximum Gasteiger partial charge on any atom is 0.317 e. The Balaban J connectivity index is 1.65. The van der Waals surface area contributed by atoms with Crippen LogP contribution in [0.5, 0.6) is 5.75 Å². The van der Waals surface area contributed by atoms with Crippen molar-refractivity contribution in [3.05, 3.63) is 95.8 Å². The van der Waals surface area contributed by atoms with E-state index in [0.29, 0.717) is 42.0 Å². The van der Waals surface area contributed by atoms with E-state index in [4.69, 9.17) is 9.47 Å². The number of carbonyl (C=O) groups excluding carboxylic acids is 2. The van der Waals surface area contributed by atoms with Gasteiger partial charge in [-0.3, -0.25) is 9.59 Å². The molecule has 0 unspecified atom stereocenters. The highest BCUT2D eigenvalue weighted by molar-refractivity contribution is 5.98. The lowest BCUT2D eigenvalue weighted by Crippen LogP contribution is -2.38. The Morgan fingerprint density at radius 1 is 0.941 bits per heavy atom. The number of carbonyl (C=O) groups is 2. The molecule has 176 valence electrons. The molecule has 1 atom stereocenters. The normalized spacial score (nSPS) is 15.4. The highest BCUT2D eigenvalue weighted by atomic mass is 19.1. The molecule has 1 aliphatic rings. The summed E-state index contributed by atoms with van der Waals surface area (Å²) < 4.78 is 26.3. The molecule has 1 aliphatic carbocycles. The molecule has 0 saturated heterocycles. The second-order valence-corrected chi connectivity index (χ2v) is 8.38. The first-order valence-electron chi connectivity index (χ1n) is 11.6. The van der Waals surface area contributed by atoms with E-state index in [1.165, 1.54) is 6.07 Å². The van der Waals surface area contributed by atoms with Gasteiger partial charge in [0.15, 0.2) is 0 Å². The van der Waals surface area contributed by atoms with Crippen LogP contribution < -0.4 is 10.1 Å². The summed E-state index contributed by atoms with van der Waals surface area (Å²) in [5.74, 6) is -1.01. The molecule has 1 saturated carbocycles. The molecule has 1 N–H and O–H groups in total. The predicted octanol–water partition coefficient (Wildman–Crippen LogP) is 5.96. The number of rotatable bonds is 8. The Morgan fingerprint density at radius 2 is 1.59 bits per heavy atom. The molecular weight excluding hydrogens is 433 g/mol. The fourth-order valence-electron chi connectivity index (χ4n) is 4.58. The van der Waals surface area contributed by atoms with Crippen LogP contribution in [0.3, 0.4) is 0 Å². The van der Waals surface area contributed by atoms with E-state index in [1.54, 1.807) is 60.7 Å². The van der Waals surface area contributed by atoms with Crippen molar-refractivity contribution in [2.45, 2.75) is 44.1 Å². The molecule has 0 aliphatic heterocycles. The van der Waals surface area contributed by atoms with Crippen molar-refractivity contribution < 1.29 is 23.5 Å². The number of hydrogen-bond acceptors (Lipinski definition) is 4. The number of nitrogens with one attached hydrogen (secondary N) is 1. The Labute approximate surface area is 198 Å². The highest BCUT2D eigenvalue weighted by Gasteiger charge is 2.47. The van der Waals surface area contributed by atoms with E-state index in [0.717, 1.165) is 12.8 Å². The molecule has 1 fully saturated rings. The fourth-order valence-corrected chi connectivity index (χ4v) is 4.58. The Morgan fingerprint density at radius 3 is 2.29 bits per heavy atom. The van der Waals surface area contributed by atoms with Crippen LogP contribution in [0.1, 0.15) is 49.8 Å². The smallest absolute Gasteiger partial charge is 0.317 e. The molecule has 0 aromatic heterocycles. The van der Waals surface area contributed by atoms with Crippen molar-refractivity contribution in [2.24, 2.45) is 0 Å². The number of halogens is 1. The molecular formula is C28H28FNO4. The first kappa shape index (κ1) is 23.5. The van der Waals surface area contributed by atoms with E-state index in [1.807, 2.05) is 19.1 Å². The summed E-state index contributed by atoms with van der Waals surface area (Å²) in [5, 5.41) is 2.84. The lowest BCUT2D eigenvalue weighted by atomic mass is 9.78. The molecule has 1 amide bonds. The second kappa shape index (κ2) is 10.5. The number of amides is 1. The topological polar surface area (TPSA) is 64.6 Å². The minimum atomic E-state index is -1.20. The van der Waals surface area contributed by atoms with Gasteiger partial charge in [0.05, 0.1) is 17.7 Å². The van der Waals surface area contributed by atoms with Gasteiger partial charge in [-0.15, -0.1) is 0 Å². The van der Waals surface area contributed by atoms with Crippen molar-refractivity contribution in [1.82, 2.24) is 0 Å². The van der Waals surface area contributed by atoms with Gasteiger partial charge in [0, 0.05) is 11.1 Å². The summed E-state index contributed by atoms with van der Waals surface area (Å²) in [6, 6.07) is 22.2. The summed E-state index contributed by atoms with van der Waals surface area (Å²) in [6.45, 7) is 2.30. The Hall–Kier alpha value is -3.67. The van der Waals surface area contributed by atoms with Crippen molar-refractivity contribution in [1.29, 1.82) is 0 Å². The Bertz CT molecular complexity index is 1140. The maximum atomic E-state index is 14.8. The van der Waals surface area contributed by atoms with Crippen LogP contribution in [0.2, 0.25) is 0 Å². The van der Waals surface area contributed by atoms with Crippen LogP contribution in [-0.4, -0.2) is 18.5 Å². The monoisotopic (exact) mass is 461 g/mol. The lowest BCUT2D eigenvalue weighted by Gasteiger charge is -2.30. The Kier molecular flexibility index (Phi) is 7.26. The largest absolute Gasteiger partial charge is 0.492 e. The van der Waals surface area contributed by atoms with Crippen molar-refractivity contribution in [2.75, 3.05) is 11.9 Å². The van der Waals surface area contributed by atoms with E-state index in [2.05, 4.69) is 5.32 Å². The number of hydrogen-bond donors (Lipinski definition) is 1. The SMILES string of the molecule is CCOc1ccccc1NC(=O)[C@@H](OC(=O)C1(c2ccccc2F)CCCC1)c1ccccc1. The van der Waals surface area contributed by atoms with Gasteiger partial charge >= 0.3 is 5.97 Å². The summed E-state index contributed by atoms with van der Waals surface area (Å²) in [6.07, 6.45) is 1.32. The fraction of sp³-hybridized carbons (Fsp3) is 0.286. The number of esters is 1. The van der Waals surface area contributed by atoms with E-state index >= 15 is 0 Å². The molecule has 0 radical (unpaired) electrons. The average molecular weight is 462 g/mol. The van der Waals surface area contributed by atoms with Crippen LogP contribution in [0.15, 0.2) is 78.9 Å². The standard InChI is InChI=1S/C28H28FNO4/c1-2-33-24-17-9-8-16-23(24)30-26(31)25(20-12-4-3-5-13-20)34-27(32)28(18-10-11-19-28)21-14-6-7-15-22(21)29/h3-9,12-17,25H,2,10-11,18-19H2,1H3,(H,30,31)/t25-/m0/s1. The molecule has 5 nitrogen and oxygen atoms in total. The molecule has 0 spiro atoms. The van der Waals surface area contributed by atoms with Crippen molar-refractivity contribution in [3.8, 4) is 5.75 Å². The molecule has 4 rings (SSSR count). The van der Waals surface area contributed by atoms with Crippen LogP contribution in [0, 0.1) is 5.82 Å². The van der Waals surface area contributed by atoms with Crippen LogP contribution in [-0.2, 0) is 19.7 Å². The van der Waals surface area contributed by atoms with E-state index in [-0.39, 0.29) is 0 Å².